The van der Waals surface area contributed by atoms with Crippen LogP contribution < -0.4 is 5.73 Å². The summed E-state index contributed by atoms with van der Waals surface area (Å²) >= 11 is 0. The maximum atomic E-state index is 11.4. The van der Waals surface area contributed by atoms with Gasteiger partial charge in [-0.15, -0.1) is 5.10 Å². The zero-order valence-corrected chi connectivity index (χ0v) is 11.6. The number of methoxy groups -OCH3 is 1. The number of carbonyl (C=O) groups excluding carboxylic acids is 1. The van der Waals surface area contributed by atoms with E-state index < -0.39 is 5.97 Å². The predicted molar refractivity (Wildman–Crippen MR) is 71.4 cm³/mol. The van der Waals surface area contributed by atoms with E-state index in [2.05, 4.69) is 24.8 Å². The van der Waals surface area contributed by atoms with Crippen LogP contribution in [0.1, 0.15) is 35.4 Å². The Morgan fingerprint density at radius 3 is 2.85 bits per heavy atom. The van der Waals surface area contributed by atoms with Crippen LogP contribution in [-0.4, -0.2) is 37.8 Å². The number of ether oxygens (including phenoxy) is 1. The van der Waals surface area contributed by atoms with Gasteiger partial charge < -0.3 is 10.5 Å². The van der Waals surface area contributed by atoms with E-state index >= 15 is 0 Å². The van der Waals surface area contributed by atoms with Crippen molar-refractivity contribution in [3.8, 4) is 5.82 Å². The van der Waals surface area contributed by atoms with E-state index in [1.54, 1.807) is 6.92 Å². The molecule has 0 bridgehead atoms. The van der Waals surface area contributed by atoms with Crippen LogP contribution in [0.2, 0.25) is 0 Å². The standard InChI is InChI=1S/C12H16N6O2/c1-4-5-8-15-9(13)7(2)11(16-8)18-6-14-10(17-18)12(19)20-3/h6H,4-5H2,1-3H3,(H2,13,15,16). The number of hydrogen-bond acceptors (Lipinski definition) is 7. The number of nitrogens with zero attached hydrogens (tertiary/aromatic N) is 5. The lowest BCUT2D eigenvalue weighted by atomic mass is 10.2. The molecule has 0 fully saturated rings. The molecule has 0 radical (unpaired) electrons. The van der Waals surface area contributed by atoms with Crippen molar-refractivity contribution in [3.05, 3.63) is 23.5 Å². The molecule has 8 heteroatoms. The molecule has 0 aliphatic carbocycles. The van der Waals surface area contributed by atoms with Crippen molar-refractivity contribution in [2.75, 3.05) is 12.8 Å². The topological polar surface area (TPSA) is 109 Å². The minimum Gasteiger partial charge on any atom is -0.463 e. The molecular formula is C12H16N6O2. The molecule has 20 heavy (non-hydrogen) atoms. The van der Waals surface area contributed by atoms with Crippen molar-refractivity contribution in [2.24, 2.45) is 0 Å². The first-order valence-corrected chi connectivity index (χ1v) is 6.20. The summed E-state index contributed by atoms with van der Waals surface area (Å²) in [5, 5.41) is 4.04. The molecule has 8 nitrogen and oxygen atoms in total. The molecule has 2 N–H and O–H groups in total. The number of nitrogens with two attached hydrogens (primary N) is 1. The summed E-state index contributed by atoms with van der Waals surface area (Å²) in [6.07, 6.45) is 3.03. The molecule has 0 spiro atoms. The highest BCUT2D eigenvalue weighted by molar-refractivity contribution is 5.84. The Balaban J connectivity index is 2.46. The van der Waals surface area contributed by atoms with E-state index in [-0.39, 0.29) is 5.82 Å². The van der Waals surface area contributed by atoms with E-state index in [0.717, 1.165) is 12.8 Å². The number of rotatable bonds is 4. The van der Waals surface area contributed by atoms with Gasteiger partial charge in [-0.1, -0.05) is 6.92 Å². The van der Waals surface area contributed by atoms with Gasteiger partial charge in [0.25, 0.3) is 5.82 Å². The number of aryl methyl sites for hydroxylation is 1. The first-order valence-electron chi connectivity index (χ1n) is 6.20. The molecule has 0 aliphatic rings. The average Bonchev–Trinajstić information content (AvgIpc) is 2.91. The first kappa shape index (κ1) is 13.9. The van der Waals surface area contributed by atoms with E-state index in [4.69, 9.17) is 5.73 Å². The molecule has 2 rings (SSSR count). The number of carbonyl (C=O) groups is 1. The molecule has 106 valence electrons. The smallest absolute Gasteiger partial charge is 0.377 e. The minimum atomic E-state index is -0.600. The minimum absolute atomic E-state index is 0.0267. The van der Waals surface area contributed by atoms with Gasteiger partial charge in [-0.05, 0) is 13.3 Å². The number of aromatic nitrogens is 5. The normalized spacial score (nSPS) is 10.6. The summed E-state index contributed by atoms with van der Waals surface area (Å²) in [4.78, 5) is 23.9. The van der Waals surface area contributed by atoms with Crippen LogP contribution in [-0.2, 0) is 11.2 Å². The highest BCUT2D eigenvalue weighted by Crippen LogP contribution is 2.16. The van der Waals surface area contributed by atoms with Gasteiger partial charge in [0.1, 0.15) is 18.0 Å². The highest BCUT2D eigenvalue weighted by atomic mass is 16.5. The molecule has 0 aromatic carbocycles. The zero-order chi connectivity index (χ0) is 14.7. The van der Waals surface area contributed by atoms with Crippen LogP contribution in [0.25, 0.3) is 5.82 Å². The number of anilines is 1. The van der Waals surface area contributed by atoms with E-state index in [1.165, 1.54) is 18.1 Å². The van der Waals surface area contributed by atoms with Crippen molar-refractivity contribution in [1.29, 1.82) is 0 Å². The van der Waals surface area contributed by atoms with Gasteiger partial charge in [-0.2, -0.15) is 0 Å². The molecule has 2 aromatic rings. The van der Waals surface area contributed by atoms with E-state index in [9.17, 15) is 4.79 Å². The van der Waals surface area contributed by atoms with Gasteiger partial charge >= 0.3 is 5.97 Å². The summed E-state index contributed by atoms with van der Waals surface area (Å²) < 4.78 is 5.97. The lowest BCUT2D eigenvalue weighted by molar-refractivity contribution is 0.0587. The van der Waals surface area contributed by atoms with Gasteiger partial charge in [0.05, 0.1) is 7.11 Å². The average molecular weight is 276 g/mol. The van der Waals surface area contributed by atoms with Gasteiger partial charge in [0, 0.05) is 12.0 Å². The second kappa shape index (κ2) is 5.64. The lowest BCUT2D eigenvalue weighted by Gasteiger charge is -2.08. The molecule has 0 atom stereocenters. The Labute approximate surface area is 116 Å². The third-order valence-electron chi connectivity index (χ3n) is 2.75. The summed E-state index contributed by atoms with van der Waals surface area (Å²) in [7, 11) is 1.27. The zero-order valence-electron chi connectivity index (χ0n) is 11.6. The van der Waals surface area contributed by atoms with Crippen LogP contribution in [0.4, 0.5) is 5.82 Å². The van der Waals surface area contributed by atoms with Gasteiger partial charge in [0.2, 0.25) is 0 Å². The van der Waals surface area contributed by atoms with Gasteiger partial charge in [-0.25, -0.2) is 24.4 Å². The highest BCUT2D eigenvalue weighted by Gasteiger charge is 2.16. The summed E-state index contributed by atoms with van der Waals surface area (Å²) in [6.45, 7) is 3.82. The molecule has 2 heterocycles. The molecule has 2 aromatic heterocycles. The number of nitrogen functional groups attached to an aromatic ring is 1. The fraction of sp³-hybridized carbons (Fsp3) is 0.417. The predicted octanol–water partition coefficient (Wildman–Crippen LogP) is 0.687. The quantitative estimate of drug-likeness (QED) is 0.818. The lowest BCUT2D eigenvalue weighted by Crippen LogP contribution is -2.11. The van der Waals surface area contributed by atoms with Gasteiger partial charge in [-0.3, -0.25) is 0 Å². The van der Waals surface area contributed by atoms with Crippen molar-refractivity contribution < 1.29 is 9.53 Å². The molecule has 0 unspecified atom stereocenters. The van der Waals surface area contributed by atoms with Crippen LogP contribution in [0.15, 0.2) is 6.33 Å². The maximum absolute atomic E-state index is 11.4. The molecular weight excluding hydrogens is 260 g/mol. The van der Waals surface area contributed by atoms with Gasteiger partial charge in [0.15, 0.2) is 5.82 Å². The Bertz CT molecular complexity index is 637. The molecule has 0 saturated heterocycles. The maximum Gasteiger partial charge on any atom is 0.377 e. The Kier molecular flexibility index (Phi) is 3.92. The summed E-state index contributed by atoms with van der Waals surface area (Å²) in [5.41, 5.74) is 6.56. The van der Waals surface area contributed by atoms with Crippen LogP contribution in [0.5, 0.6) is 0 Å². The van der Waals surface area contributed by atoms with Crippen molar-refractivity contribution in [2.45, 2.75) is 26.7 Å². The number of esters is 1. The van der Waals surface area contributed by atoms with Crippen LogP contribution >= 0.6 is 0 Å². The molecule has 0 amide bonds. The number of hydrogen-bond donors (Lipinski definition) is 1. The fourth-order valence-corrected chi connectivity index (χ4v) is 1.68. The fourth-order valence-electron chi connectivity index (χ4n) is 1.68. The second-order valence-corrected chi connectivity index (χ2v) is 4.23. The van der Waals surface area contributed by atoms with Crippen LogP contribution in [0.3, 0.4) is 0 Å². The SMILES string of the molecule is CCCc1nc(N)c(C)c(-n2cnc(C(=O)OC)n2)n1. The Hall–Kier alpha value is -2.51. The first-order chi connectivity index (χ1) is 9.56. The van der Waals surface area contributed by atoms with Crippen molar-refractivity contribution >= 4 is 11.8 Å². The Morgan fingerprint density at radius 1 is 1.45 bits per heavy atom. The van der Waals surface area contributed by atoms with E-state index in [1.807, 2.05) is 6.92 Å². The Morgan fingerprint density at radius 2 is 2.20 bits per heavy atom. The van der Waals surface area contributed by atoms with Crippen LogP contribution in [0, 0.1) is 6.92 Å². The largest absolute Gasteiger partial charge is 0.463 e. The van der Waals surface area contributed by atoms with Crippen molar-refractivity contribution in [3.63, 3.8) is 0 Å². The summed E-state index contributed by atoms with van der Waals surface area (Å²) in [6, 6.07) is 0. The third kappa shape index (κ3) is 2.58. The molecule has 0 aliphatic heterocycles. The third-order valence-corrected chi connectivity index (χ3v) is 2.75. The molecule has 0 saturated carbocycles. The monoisotopic (exact) mass is 276 g/mol. The second-order valence-electron chi connectivity index (χ2n) is 4.23. The van der Waals surface area contributed by atoms with E-state index in [0.29, 0.717) is 23.0 Å². The summed E-state index contributed by atoms with van der Waals surface area (Å²) in [5.74, 6) is 0.927. The van der Waals surface area contributed by atoms with Crippen molar-refractivity contribution in [1.82, 2.24) is 24.7 Å².